The number of non-ortho nitro benzene ring substituents is 1. The zero-order valence-electron chi connectivity index (χ0n) is 11.1. The Balaban J connectivity index is 2.18. The fraction of sp³-hybridized carbons (Fsp3) is 0.0667. The second-order valence-electron chi connectivity index (χ2n) is 4.64. The molecule has 1 heterocycles. The van der Waals surface area contributed by atoms with Crippen LogP contribution in [-0.4, -0.2) is 14.7 Å². The van der Waals surface area contributed by atoms with Gasteiger partial charge in [0, 0.05) is 24.6 Å². The van der Waals surface area contributed by atoms with E-state index in [1.54, 1.807) is 16.9 Å². The van der Waals surface area contributed by atoms with Crippen molar-refractivity contribution in [3.8, 4) is 17.2 Å². The molecular formula is C15H10N4O2. The molecular weight excluding hydrogens is 268 g/mol. The first-order chi connectivity index (χ1) is 10.1. The summed E-state index contributed by atoms with van der Waals surface area (Å²) in [5, 5.41) is 25.1. The van der Waals surface area contributed by atoms with E-state index in [2.05, 4.69) is 5.10 Å². The fourth-order valence-electron chi connectivity index (χ4n) is 2.32. The van der Waals surface area contributed by atoms with E-state index in [1.165, 1.54) is 12.1 Å². The maximum Gasteiger partial charge on any atom is 0.270 e. The van der Waals surface area contributed by atoms with Gasteiger partial charge in [0.25, 0.3) is 5.69 Å². The quantitative estimate of drug-likeness (QED) is 0.532. The molecule has 0 fully saturated rings. The van der Waals surface area contributed by atoms with Gasteiger partial charge in [-0.25, -0.2) is 0 Å². The summed E-state index contributed by atoms with van der Waals surface area (Å²) in [6.07, 6.45) is 1.75. The lowest BCUT2D eigenvalue weighted by Gasteiger charge is -2.05. The van der Waals surface area contributed by atoms with Crippen molar-refractivity contribution < 1.29 is 4.92 Å². The summed E-state index contributed by atoms with van der Waals surface area (Å²) in [6, 6.07) is 12.0. The monoisotopic (exact) mass is 278 g/mol. The van der Waals surface area contributed by atoms with Crippen molar-refractivity contribution in [2.45, 2.75) is 0 Å². The zero-order chi connectivity index (χ0) is 15.0. The summed E-state index contributed by atoms with van der Waals surface area (Å²) < 4.78 is 1.76. The SMILES string of the molecule is Cn1ncc2cc(-c3ccc([N+](=O)[O-])cc3C#N)ccc21. The number of nitro benzene ring substituents is 1. The summed E-state index contributed by atoms with van der Waals surface area (Å²) in [4.78, 5) is 10.3. The maximum absolute atomic E-state index is 10.8. The van der Waals surface area contributed by atoms with Crippen LogP contribution >= 0.6 is 0 Å². The third-order valence-corrected chi connectivity index (χ3v) is 3.39. The Morgan fingerprint density at radius 2 is 2.10 bits per heavy atom. The average Bonchev–Trinajstić information content (AvgIpc) is 2.87. The molecule has 0 saturated carbocycles. The Morgan fingerprint density at radius 1 is 1.29 bits per heavy atom. The Morgan fingerprint density at radius 3 is 2.81 bits per heavy atom. The molecule has 0 aliphatic heterocycles. The topological polar surface area (TPSA) is 84.8 Å². The molecule has 0 spiro atoms. The third kappa shape index (κ3) is 2.11. The first kappa shape index (κ1) is 12.8. The first-order valence-electron chi connectivity index (χ1n) is 6.21. The molecule has 3 aromatic rings. The lowest BCUT2D eigenvalue weighted by Crippen LogP contribution is -1.91. The summed E-state index contributed by atoms with van der Waals surface area (Å²) in [5.41, 5.74) is 2.69. The van der Waals surface area contributed by atoms with E-state index in [1.807, 2.05) is 31.3 Å². The van der Waals surface area contributed by atoms with E-state index in [-0.39, 0.29) is 11.3 Å². The minimum Gasteiger partial charge on any atom is -0.268 e. The molecule has 21 heavy (non-hydrogen) atoms. The zero-order valence-corrected chi connectivity index (χ0v) is 11.1. The largest absolute Gasteiger partial charge is 0.270 e. The highest BCUT2D eigenvalue weighted by atomic mass is 16.6. The van der Waals surface area contributed by atoms with Gasteiger partial charge in [-0.3, -0.25) is 14.8 Å². The number of nitriles is 1. The van der Waals surface area contributed by atoms with Gasteiger partial charge in [-0.1, -0.05) is 6.07 Å². The Kier molecular flexibility index (Phi) is 2.88. The van der Waals surface area contributed by atoms with Gasteiger partial charge in [0.2, 0.25) is 0 Å². The molecule has 0 radical (unpaired) electrons. The average molecular weight is 278 g/mol. The van der Waals surface area contributed by atoms with E-state index in [4.69, 9.17) is 0 Å². The fourth-order valence-corrected chi connectivity index (χ4v) is 2.32. The van der Waals surface area contributed by atoms with Crippen LogP contribution in [0.2, 0.25) is 0 Å². The number of nitro groups is 1. The van der Waals surface area contributed by atoms with Crippen LogP contribution in [0.4, 0.5) is 5.69 Å². The van der Waals surface area contributed by atoms with Gasteiger partial charge in [-0.2, -0.15) is 10.4 Å². The predicted octanol–water partition coefficient (Wildman–Crippen LogP) is 3.02. The standard InChI is InChI=1S/C15H10N4O2/c1-18-15-5-2-10(6-12(15)9-17-18)14-4-3-13(19(20)21)7-11(14)8-16/h2-7,9H,1H3. The molecule has 0 N–H and O–H groups in total. The molecule has 102 valence electrons. The number of nitrogens with zero attached hydrogens (tertiary/aromatic N) is 4. The predicted molar refractivity (Wildman–Crippen MR) is 77.5 cm³/mol. The molecule has 0 atom stereocenters. The van der Waals surface area contributed by atoms with E-state index in [0.717, 1.165) is 16.5 Å². The number of fused-ring (bicyclic) bond motifs is 1. The second-order valence-corrected chi connectivity index (χ2v) is 4.64. The van der Waals surface area contributed by atoms with Crippen molar-refractivity contribution in [3.05, 3.63) is 58.3 Å². The van der Waals surface area contributed by atoms with E-state index >= 15 is 0 Å². The summed E-state index contributed by atoms with van der Waals surface area (Å²) in [5.74, 6) is 0. The molecule has 6 nitrogen and oxygen atoms in total. The maximum atomic E-state index is 10.8. The van der Waals surface area contributed by atoms with Crippen LogP contribution in [0.25, 0.3) is 22.0 Å². The molecule has 0 saturated heterocycles. The summed E-state index contributed by atoms with van der Waals surface area (Å²) >= 11 is 0. The minimum atomic E-state index is -0.505. The van der Waals surface area contributed by atoms with Gasteiger partial charge in [-0.15, -0.1) is 0 Å². The third-order valence-electron chi connectivity index (χ3n) is 3.39. The smallest absolute Gasteiger partial charge is 0.268 e. The number of rotatable bonds is 2. The van der Waals surface area contributed by atoms with Crippen LogP contribution < -0.4 is 0 Å². The molecule has 1 aromatic heterocycles. The van der Waals surface area contributed by atoms with Crippen molar-refractivity contribution in [3.63, 3.8) is 0 Å². The lowest BCUT2D eigenvalue weighted by molar-refractivity contribution is -0.384. The molecule has 2 aromatic carbocycles. The number of hydrogen-bond acceptors (Lipinski definition) is 4. The van der Waals surface area contributed by atoms with Crippen LogP contribution in [0.1, 0.15) is 5.56 Å². The van der Waals surface area contributed by atoms with Crippen molar-refractivity contribution >= 4 is 16.6 Å². The molecule has 6 heteroatoms. The molecule has 0 unspecified atom stereocenters. The van der Waals surface area contributed by atoms with Crippen molar-refractivity contribution in [2.75, 3.05) is 0 Å². The second kappa shape index (κ2) is 4.72. The number of aryl methyl sites for hydroxylation is 1. The summed E-state index contributed by atoms with van der Waals surface area (Å²) in [6.45, 7) is 0. The Bertz CT molecular complexity index is 906. The molecule has 0 amide bonds. The van der Waals surface area contributed by atoms with Crippen LogP contribution in [0.15, 0.2) is 42.6 Å². The lowest BCUT2D eigenvalue weighted by atomic mass is 9.99. The first-order valence-corrected chi connectivity index (χ1v) is 6.21. The van der Waals surface area contributed by atoms with E-state index in [9.17, 15) is 15.4 Å². The molecule has 0 bridgehead atoms. The van der Waals surface area contributed by atoms with Gasteiger partial charge in [0.1, 0.15) is 6.07 Å². The van der Waals surface area contributed by atoms with Crippen LogP contribution in [0, 0.1) is 21.4 Å². The van der Waals surface area contributed by atoms with Crippen LogP contribution in [-0.2, 0) is 7.05 Å². The molecule has 0 aliphatic rings. The number of hydrogen-bond donors (Lipinski definition) is 0. The van der Waals surface area contributed by atoms with Gasteiger partial charge in [0.05, 0.1) is 22.2 Å². The summed E-state index contributed by atoms with van der Waals surface area (Å²) in [7, 11) is 1.86. The highest BCUT2D eigenvalue weighted by Gasteiger charge is 2.12. The molecule has 3 rings (SSSR count). The van der Waals surface area contributed by atoms with Gasteiger partial charge >= 0.3 is 0 Å². The number of aromatic nitrogens is 2. The highest BCUT2D eigenvalue weighted by molar-refractivity contribution is 5.86. The van der Waals surface area contributed by atoms with E-state index < -0.39 is 4.92 Å². The van der Waals surface area contributed by atoms with E-state index in [0.29, 0.717) is 5.56 Å². The molecule has 0 aliphatic carbocycles. The Labute approximate surface area is 120 Å². The van der Waals surface area contributed by atoms with Gasteiger partial charge < -0.3 is 0 Å². The van der Waals surface area contributed by atoms with Crippen molar-refractivity contribution in [2.24, 2.45) is 7.05 Å². The Hall–Kier alpha value is -3.20. The van der Waals surface area contributed by atoms with Gasteiger partial charge in [0.15, 0.2) is 0 Å². The normalized spacial score (nSPS) is 10.5. The van der Waals surface area contributed by atoms with Crippen molar-refractivity contribution in [1.82, 2.24) is 9.78 Å². The minimum absolute atomic E-state index is 0.0854. The van der Waals surface area contributed by atoms with Crippen LogP contribution in [0.5, 0.6) is 0 Å². The number of benzene rings is 2. The highest BCUT2D eigenvalue weighted by Crippen LogP contribution is 2.29. The van der Waals surface area contributed by atoms with Gasteiger partial charge in [-0.05, 0) is 29.3 Å². The van der Waals surface area contributed by atoms with Crippen molar-refractivity contribution in [1.29, 1.82) is 5.26 Å². The van der Waals surface area contributed by atoms with Crippen LogP contribution in [0.3, 0.4) is 0 Å².